The molecule has 10 heteroatoms. The molecule has 0 aliphatic carbocycles. The van der Waals surface area contributed by atoms with Crippen LogP contribution in [0.3, 0.4) is 0 Å². The first kappa shape index (κ1) is 13.3. The first-order chi connectivity index (χ1) is 9.06. The molecule has 102 valence electrons. The lowest BCUT2D eigenvalue weighted by molar-refractivity contribution is -0.133. The van der Waals surface area contributed by atoms with Crippen LogP contribution in [0.5, 0.6) is 0 Å². The maximum Gasteiger partial charge on any atom is 0.313 e. The van der Waals surface area contributed by atoms with Gasteiger partial charge >= 0.3 is 5.97 Å². The molecule has 0 spiro atoms. The molecule has 2 aromatic rings. The Labute approximate surface area is 112 Å². The average Bonchev–Trinajstić information content (AvgIpc) is 2.91. The number of carboxylic acid groups (broad SMARTS) is 1. The van der Waals surface area contributed by atoms with E-state index in [2.05, 4.69) is 20.3 Å². The van der Waals surface area contributed by atoms with Crippen molar-refractivity contribution < 1.29 is 14.4 Å². The molecule has 19 heavy (non-hydrogen) atoms. The Bertz CT molecular complexity index is 580. The van der Waals surface area contributed by atoms with E-state index >= 15 is 0 Å². The molecule has 0 saturated carbocycles. The van der Waals surface area contributed by atoms with E-state index < -0.39 is 5.97 Å². The largest absolute Gasteiger partial charge is 0.481 e. The summed E-state index contributed by atoms with van der Waals surface area (Å²) >= 11 is 1.06. The molecule has 2 aromatic heterocycles. The Morgan fingerprint density at radius 1 is 1.53 bits per heavy atom. The van der Waals surface area contributed by atoms with Gasteiger partial charge in [0.15, 0.2) is 11.0 Å². The molecular weight excluding hydrogens is 272 g/mol. The molecule has 3 N–H and O–H groups in total. The fraction of sp³-hybridized carbons (Fsp3) is 0.444. The number of nitrogens with two attached hydrogens (primary N) is 1. The van der Waals surface area contributed by atoms with Crippen molar-refractivity contribution >= 4 is 23.7 Å². The summed E-state index contributed by atoms with van der Waals surface area (Å²) in [5.41, 5.74) is 5.68. The van der Waals surface area contributed by atoms with Crippen molar-refractivity contribution in [3.8, 4) is 0 Å². The minimum atomic E-state index is -0.925. The molecule has 2 rings (SSSR count). The molecule has 0 radical (unpaired) electrons. The number of nitrogen functional groups attached to an aromatic ring is 1. The maximum absolute atomic E-state index is 10.5. The topological polar surface area (TPSA) is 133 Å². The van der Waals surface area contributed by atoms with E-state index in [0.717, 1.165) is 11.8 Å². The van der Waals surface area contributed by atoms with Gasteiger partial charge in [-0.2, -0.15) is 4.98 Å². The number of anilines is 1. The van der Waals surface area contributed by atoms with E-state index in [1.54, 1.807) is 11.5 Å². The number of hydrogen-bond acceptors (Lipinski definition) is 8. The molecule has 0 aliphatic rings. The number of carbonyl (C=O) groups is 1. The van der Waals surface area contributed by atoms with Gasteiger partial charge in [-0.25, -0.2) is 0 Å². The summed E-state index contributed by atoms with van der Waals surface area (Å²) in [6.07, 6.45) is 0.476. The zero-order valence-electron chi connectivity index (χ0n) is 10.1. The zero-order chi connectivity index (χ0) is 13.8. The van der Waals surface area contributed by atoms with Gasteiger partial charge < -0.3 is 15.4 Å². The van der Waals surface area contributed by atoms with E-state index in [4.69, 9.17) is 15.4 Å². The highest BCUT2D eigenvalue weighted by atomic mass is 32.2. The Kier molecular flexibility index (Phi) is 4.00. The molecule has 0 saturated heterocycles. The van der Waals surface area contributed by atoms with Crippen LogP contribution < -0.4 is 5.73 Å². The van der Waals surface area contributed by atoms with Crippen LogP contribution in [-0.4, -0.2) is 41.7 Å². The molecule has 0 amide bonds. The van der Waals surface area contributed by atoms with Gasteiger partial charge in [-0.05, 0) is 6.92 Å². The molecule has 0 fully saturated rings. The second-order valence-electron chi connectivity index (χ2n) is 3.66. The molecular formula is C9H12N6O3S. The predicted octanol–water partition coefficient (Wildman–Crippen LogP) is -0.0289. The molecule has 0 bridgehead atoms. The Hall–Kier alpha value is -2.10. The molecule has 0 aliphatic heterocycles. The molecule has 0 unspecified atom stereocenters. The van der Waals surface area contributed by atoms with Crippen LogP contribution in [0.2, 0.25) is 0 Å². The van der Waals surface area contributed by atoms with Crippen LogP contribution in [0.25, 0.3) is 0 Å². The zero-order valence-corrected chi connectivity index (χ0v) is 10.9. The summed E-state index contributed by atoms with van der Waals surface area (Å²) in [7, 11) is 0. The number of rotatable bonds is 6. The fourth-order valence-corrected chi connectivity index (χ4v) is 2.08. The van der Waals surface area contributed by atoms with E-state index in [1.807, 2.05) is 0 Å². The number of aromatic nitrogens is 5. The maximum atomic E-state index is 10.5. The lowest BCUT2D eigenvalue weighted by Gasteiger charge is -2.04. The molecule has 9 nitrogen and oxygen atoms in total. The number of nitrogens with zero attached hydrogens (tertiary/aromatic N) is 5. The van der Waals surface area contributed by atoms with Crippen LogP contribution in [-0.2, 0) is 17.8 Å². The molecule has 0 atom stereocenters. The van der Waals surface area contributed by atoms with Crippen molar-refractivity contribution in [3.63, 3.8) is 0 Å². The van der Waals surface area contributed by atoms with Crippen LogP contribution in [0.4, 0.5) is 5.95 Å². The SMILES string of the molecule is Cc1noc(CCn2c(N)nnc2SCC(=O)O)n1. The quantitative estimate of drug-likeness (QED) is 0.701. The van der Waals surface area contributed by atoms with E-state index in [-0.39, 0.29) is 11.7 Å². The second kappa shape index (κ2) is 5.69. The van der Waals surface area contributed by atoms with Crippen LogP contribution in [0.1, 0.15) is 11.7 Å². The monoisotopic (exact) mass is 284 g/mol. The third-order valence-corrected chi connectivity index (χ3v) is 3.14. The second-order valence-corrected chi connectivity index (χ2v) is 4.60. The van der Waals surface area contributed by atoms with Gasteiger partial charge in [-0.3, -0.25) is 9.36 Å². The minimum absolute atomic E-state index is 0.0994. The Morgan fingerprint density at radius 2 is 2.32 bits per heavy atom. The van der Waals surface area contributed by atoms with Gasteiger partial charge in [0.2, 0.25) is 11.8 Å². The number of hydrogen-bond donors (Lipinski definition) is 2. The summed E-state index contributed by atoms with van der Waals surface area (Å²) in [5.74, 6) is 0.249. The predicted molar refractivity (Wildman–Crippen MR) is 65.5 cm³/mol. The third kappa shape index (κ3) is 3.44. The normalized spacial score (nSPS) is 10.8. The number of thioether (sulfide) groups is 1. The summed E-state index contributed by atoms with van der Waals surface area (Å²) < 4.78 is 6.60. The van der Waals surface area contributed by atoms with Crippen molar-refractivity contribution in [3.05, 3.63) is 11.7 Å². The van der Waals surface area contributed by atoms with Crippen molar-refractivity contribution in [2.45, 2.75) is 25.0 Å². The van der Waals surface area contributed by atoms with Gasteiger partial charge in [-0.1, -0.05) is 16.9 Å². The smallest absolute Gasteiger partial charge is 0.313 e. The highest BCUT2D eigenvalue weighted by Crippen LogP contribution is 2.18. The van der Waals surface area contributed by atoms with Crippen LogP contribution in [0, 0.1) is 6.92 Å². The highest BCUT2D eigenvalue weighted by Gasteiger charge is 2.13. The third-order valence-electron chi connectivity index (χ3n) is 2.19. The van der Waals surface area contributed by atoms with E-state index in [0.29, 0.717) is 29.8 Å². The van der Waals surface area contributed by atoms with Gasteiger partial charge in [-0.15, -0.1) is 10.2 Å². The summed E-state index contributed by atoms with van der Waals surface area (Å²) in [4.78, 5) is 14.6. The molecule has 2 heterocycles. The van der Waals surface area contributed by atoms with Gasteiger partial charge in [0.05, 0.1) is 5.75 Å². The van der Waals surface area contributed by atoms with Gasteiger partial charge in [0.1, 0.15) is 0 Å². The Morgan fingerprint density at radius 3 is 2.95 bits per heavy atom. The van der Waals surface area contributed by atoms with Crippen LogP contribution >= 0.6 is 11.8 Å². The van der Waals surface area contributed by atoms with E-state index in [1.165, 1.54) is 0 Å². The van der Waals surface area contributed by atoms with Gasteiger partial charge in [0.25, 0.3) is 0 Å². The number of carboxylic acids is 1. The van der Waals surface area contributed by atoms with E-state index in [9.17, 15) is 4.79 Å². The number of aliphatic carboxylic acids is 1. The minimum Gasteiger partial charge on any atom is -0.481 e. The first-order valence-corrected chi connectivity index (χ1v) is 6.37. The standard InChI is InChI=1S/C9H12N6O3S/c1-5-11-6(18-14-5)2-3-15-8(10)12-13-9(15)19-4-7(16)17/h2-4H2,1H3,(H2,10,12)(H,16,17). The number of aryl methyl sites for hydroxylation is 2. The lowest BCUT2D eigenvalue weighted by atomic mass is 10.4. The van der Waals surface area contributed by atoms with Crippen molar-refractivity contribution in [2.24, 2.45) is 0 Å². The lowest BCUT2D eigenvalue weighted by Crippen LogP contribution is -2.08. The van der Waals surface area contributed by atoms with Gasteiger partial charge in [0, 0.05) is 13.0 Å². The summed E-state index contributed by atoms with van der Waals surface area (Å²) in [6.45, 7) is 2.18. The average molecular weight is 284 g/mol. The van der Waals surface area contributed by atoms with Crippen molar-refractivity contribution in [1.82, 2.24) is 24.9 Å². The van der Waals surface area contributed by atoms with Crippen molar-refractivity contribution in [1.29, 1.82) is 0 Å². The van der Waals surface area contributed by atoms with Crippen LogP contribution in [0.15, 0.2) is 9.68 Å². The summed E-state index contributed by atoms with van der Waals surface area (Å²) in [6, 6.07) is 0. The Balaban J connectivity index is 2.02. The van der Waals surface area contributed by atoms with Crippen molar-refractivity contribution in [2.75, 3.05) is 11.5 Å². The first-order valence-electron chi connectivity index (χ1n) is 5.38. The summed E-state index contributed by atoms with van der Waals surface area (Å²) in [5, 5.41) is 20.3. The highest BCUT2D eigenvalue weighted by molar-refractivity contribution is 7.99. The fourth-order valence-electron chi connectivity index (χ4n) is 1.39. The molecule has 0 aromatic carbocycles.